The number of benzene rings is 1. The van der Waals surface area contributed by atoms with Gasteiger partial charge in [0.15, 0.2) is 0 Å². The van der Waals surface area contributed by atoms with Crippen LogP contribution in [0.1, 0.15) is 33.1 Å². The Kier molecular flexibility index (Phi) is 7.25. The molecule has 1 saturated heterocycles. The summed E-state index contributed by atoms with van der Waals surface area (Å²) in [5, 5.41) is 5.80. The Hall–Kier alpha value is -2.08. The van der Waals surface area contributed by atoms with Gasteiger partial charge in [-0.1, -0.05) is 13.0 Å². The van der Waals surface area contributed by atoms with Crippen molar-refractivity contribution in [2.24, 2.45) is 5.92 Å². The van der Waals surface area contributed by atoms with Crippen LogP contribution in [0.2, 0.25) is 0 Å². The van der Waals surface area contributed by atoms with Gasteiger partial charge in [-0.15, -0.1) is 0 Å². The van der Waals surface area contributed by atoms with Crippen LogP contribution in [0.5, 0.6) is 0 Å². The second kappa shape index (κ2) is 9.42. The molecule has 3 amide bonds. The van der Waals surface area contributed by atoms with Crippen LogP contribution < -0.4 is 10.6 Å². The maximum atomic E-state index is 12.6. The highest BCUT2D eigenvalue weighted by Crippen LogP contribution is 2.18. The van der Waals surface area contributed by atoms with E-state index in [2.05, 4.69) is 22.6 Å². The lowest BCUT2D eigenvalue weighted by atomic mass is 10.1. The molecular formula is C19H30N4O2. The molecule has 1 atom stereocenters. The SMILES string of the molecule is CCCC(=O)Nc1cccc(NC(=O)N(CC)C[C@H]2CCN(C)C2)c1. The van der Waals surface area contributed by atoms with E-state index >= 15 is 0 Å². The molecule has 25 heavy (non-hydrogen) atoms. The standard InChI is InChI=1S/C19H30N4O2/c1-4-7-18(24)20-16-8-6-9-17(12-16)21-19(25)23(5-2)14-15-10-11-22(3)13-15/h6,8-9,12,15H,4-5,7,10-11,13-14H2,1-3H3,(H,20,24)(H,21,25)/t15-/m0/s1. The van der Waals surface area contributed by atoms with Crippen LogP contribution in [0.15, 0.2) is 24.3 Å². The number of carbonyl (C=O) groups is 2. The second-order valence-corrected chi connectivity index (χ2v) is 6.76. The summed E-state index contributed by atoms with van der Waals surface area (Å²) < 4.78 is 0. The molecule has 6 nitrogen and oxygen atoms in total. The Morgan fingerprint density at radius 2 is 1.96 bits per heavy atom. The summed E-state index contributed by atoms with van der Waals surface area (Å²) in [4.78, 5) is 28.4. The Morgan fingerprint density at radius 1 is 1.24 bits per heavy atom. The minimum Gasteiger partial charge on any atom is -0.326 e. The lowest BCUT2D eigenvalue weighted by Crippen LogP contribution is -2.38. The fourth-order valence-electron chi connectivity index (χ4n) is 3.17. The van der Waals surface area contributed by atoms with Crippen LogP contribution in [-0.2, 0) is 4.79 Å². The third kappa shape index (κ3) is 6.05. The van der Waals surface area contributed by atoms with E-state index in [9.17, 15) is 9.59 Å². The van der Waals surface area contributed by atoms with Crippen molar-refractivity contribution in [3.8, 4) is 0 Å². The van der Waals surface area contributed by atoms with Crippen molar-refractivity contribution in [2.75, 3.05) is 43.9 Å². The van der Waals surface area contributed by atoms with Crippen molar-refractivity contribution in [1.29, 1.82) is 0 Å². The molecule has 1 aliphatic heterocycles. The van der Waals surface area contributed by atoms with E-state index in [0.29, 0.717) is 30.3 Å². The number of carbonyl (C=O) groups excluding carboxylic acids is 2. The van der Waals surface area contributed by atoms with Gasteiger partial charge in [-0.3, -0.25) is 4.79 Å². The van der Waals surface area contributed by atoms with Gasteiger partial charge in [0.05, 0.1) is 0 Å². The normalized spacial score (nSPS) is 17.3. The van der Waals surface area contributed by atoms with E-state index in [0.717, 1.165) is 32.5 Å². The van der Waals surface area contributed by atoms with E-state index in [1.807, 2.05) is 36.9 Å². The van der Waals surface area contributed by atoms with Crippen LogP contribution in [0, 0.1) is 5.92 Å². The molecule has 0 bridgehead atoms. The van der Waals surface area contributed by atoms with E-state index in [4.69, 9.17) is 0 Å². The summed E-state index contributed by atoms with van der Waals surface area (Å²) in [7, 11) is 2.12. The van der Waals surface area contributed by atoms with Crippen molar-refractivity contribution >= 4 is 23.3 Å². The minimum absolute atomic E-state index is 0.00786. The van der Waals surface area contributed by atoms with Crippen LogP contribution in [0.3, 0.4) is 0 Å². The zero-order chi connectivity index (χ0) is 18.2. The second-order valence-electron chi connectivity index (χ2n) is 6.76. The van der Waals surface area contributed by atoms with Gasteiger partial charge in [0, 0.05) is 37.4 Å². The molecule has 0 radical (unpaired) electrons. The minimum atomic E-state index is -0.0888. The van der Waals surface area contributed by atoms with Crippen LogP contribution in [0.25, 0.3) is 0 Å². The highest BCUT2D eigenvalue weighted by atomic mass is 16.2. The lowest BCUT2D eigenvalue weighted by molar-refractivity contribution is -0.116. The number of amides is 3. The largest absolute Gasteiger partial charge is 0.326 e. The van der Waals surface area contributed by atoms with Gasteiger partial charge < -0.3 is 20.4 Å². The van der Waals surface area contributed by atoms with Crippen LogP contribution in [0.4, 0.5) is 16.2 Å². The zero-order valence-corrected chi connectivity index (χ0v) is 15.5. The molecule has 1 aromatic rings. The molecule has 1 heterocycles. The first-order valence-electron chi connectivity index (χ1n) is 9.16. The van der Waals surface area contributed by atoms with Gasteiger partial charge >= 0.3 is 6.03 Å². The van der Waals surface area contributed by atoms with Gasteiger partial charge in [0.2, 0.25) is 5.91 Å². The van der Waals surface area contributed by atoms with E-state index < -0.39 is 0 Å². The van der Waals surface area contributed by atoms with E-state index in [1.54, 1.807) is 6.07 Å². The first-order chi connectivity index (χ1) is 12.0. The van der Waals surface area contributed by atoms with Crippen LogP contribution in [-0.4, -0.2) is 55.0 Å². The van der Waals surface area contributed by atoms with Crippen molar-refractivity contribution < 1.29 is 9.59 Å². The maximum absolute atomic E-state index is 12.6. The molecule has 138 valence electrons. The Labute approximate surface area is 150 Å². The average molecular weight is 346 g/mol. The number of hydrogen-bond acceptors (Lipinski definition) is 3. The molecule has 6 heteroatoms. The summed E-state index contributed by atoms with van der Waals surface area (Å²) in [5.74, 6) is 0.530. The summed E-state index contributed by atoms with van der Waals surface area (Å²) in [6, 6.07) is 7.20. The first-order valence-corrected chi connectivity index (χ1v) is 9.16. The molecule has 0 aliphatic carbocycles. The molecular weight excluding hydrogens is 316 g/mol. The number of urea groups is 1. The maximum Gasteiger partial charge on any atom is 0.321 e. The average Bonchev–Trinajstić information content (AvgIpc) is 2.98. The molecule has 0 spiro atoms. The molecule has 0 saturated carbocycles. The van der Waals surface area contributed by atoms with Crippen molar-refractivity contribution in [3.05, 3.63) is 24.3 Å². The third-order valence-corrected chi connectivity index (χ3v) is 4.51. The van der Waals surface area contributed by atoms with Crippen LogP contribution >= 0.6 is 0 Å². The van der Waals surface area contributed by atoms with Crippen molar-refractivity contribution in [3.63, 3.8) is 0 Å². The van der Waals surface area contributed by atoms with Gasteiger partial charge in [-0.05, 0) is 57.5 Å². The lowest BCUT2D eigenvalue weighted by Gasteiger charge is -2.24. The van der Waals surface area contributed by atoms with Crippen molar-refractivity contribution in [1.82, 2.24) is 9.80 Å². The Balaban J connectivity index is 1.92. The number of nitrogens with one attached hydrogen (secondary N) is 2. The van der Waals surface area contributed by atoms with Crippen molar-refractivity contribution in [2.45, 2.75) is 33.1 Å². The fourth-order valence-corrected chi connectivity index (χ4v) is 3.17. The predicted octanol–water partition coefficient (Wildman–Crippen LogP) is 3.23. The monoisotopic (exact) mass is 346 g/mol. The predicted molar refractivity (Wildman–Crippen MR) is 102 cm³/mol. The Morgan fingerprint density at radius 3 is 2.56 bits per heavy atom. The van der Waals surface area contributed by atoms with Gasteiger partial charge in [0.25, 0.3) is 0 Å². The summed E-state index contributed by atoms with van der Waals surface area (Å²) in [6.07, 6.45) is 2.44. The third-order valence-electron chi connectivity index (χ3n) is 4.51. The fraction of sp³-hybridized carbons (Fsp3) is 0.579. The van der Waals surface area contributed by atoms with Gasteiger partial charge in [-0.2, -0.15) is 0 Å². The summed E-state index contributed by atoms with van der Waals surface area (Å²) in [5.41, 5.74) is 1.40. The van der Waals surface area contributed by atoms with E-state index in [-0.39, 0.29) is 11.9 Å². The highest BCUT2D eigenvalue weighted by Gasteiger charge is 2.23. The molecule has 0 unspecified atom stereocenters. The number of anilines is 2. The molecule has 1 aliphatic rings. The number of nitrogens with zero attached hydrogens (tertiary/aromatic N) is 2. The first kappa shape index (κ1) is 19.2. The molecule has 0 aromatic heterocycles. The molecule has 2 N–H and O–H groups in total. The highest BCUT2D eigenvalue weighted by molar-refractivity contribution is 5.93. The Bertz CT molecular complexity index is 591. The zero-order valence-electron chi connectivity index (χ0n) is 15.5. The summed E-state index contributed by atoms with van der Waals surface area (Å²) >= 11 is 0. The summed E-state index contributed by atoms with van der Waals surface area (Å²) in [6.45, 7) is 7.57. The quantitative estimate of drug-likeness (QED) is 0.797. The molecule has 1 aromatic carbocycles. The number of likely N-dealkylation sites (tertiary alicyclic amines) is 1. The topological polar surface area (TPSA) is 64.7 Å². The number of rotatable bonds is 7. The molecule has 1 fully saturated rings. The number of hydrogen-bond donors (Lipinski definition) is 2. The molecule has 2 rings (SSSR count). The van der Waals surface area contributed by atoms with Gasteiger partial charge in [-0.25, -0.2) is 4.79 Å². The van der Waals surface area contributed by atoms with E-state index in [1.165, 1.54) is 0 Å². The van der Waals surface area contributed by atoms with Gasteiger partial charge in [0.1, 0.15) is 0 Å². The smallest absolute Gasteiger partial charge is 0.321 e.